The number of carbonyl (C=O) groups is 1. The number of likely N-dealkylation sites (tertiary alicyclic amines) is 1. The molecule has 2 atom stereocenters. The SMILES string of the molecule is CNC(=O)C1CCN(C(c2ccc(C)cc2)C(C)N)CC1. The molecule has 0 saturated carbocycles. The van der Waals surface area contributed by atoms with Crippen molar-refractivity contribution in [2.24, 2.45) is 11.7 Å². The molecule has 21 heavy (non-hydrogen) atoms. The number of hydrogen-bond donors (Lipinski definition) is 2. The summed E-state index contributed by atoms with van der Waals surface area (Å²) in [5, 5.41) is 2.76. The third kappa shape index (κ3) is 3.83. The molecule has 2 rings (SSSR count). The number of aryl methyl sites for hydroxylation is 1. The van der Waals surface area contributed by atoms with Crippen molar-refractivity contribution in [3.63, 3.8) is 0 Å². The minimum absolute atomic E-state index is 0.0734. The predicted octanol–water partition coefficient (Wildman–Crippen LogP) is 1.84. The molecule has 4 heteroatoms. The Kier molecular flexibility index (Phi) is 5.37. The number of piperidine rings is 1. The fourth-order valence-electron chi connectivity index (χ4n) is 3.25. The van der Waals surface area contributed by atoms with E-state index in [0.717, 1.165) is 25.9 Å². The molecule has 2 unspecified atom stereocenters. The molecule has 1 saturated heterocycles. The van der Waals surface area contributed by atoms with Gasteiger partial charge in [-0.25, -0.2) is 0 Å². The van der Waals surface area contributed by atoms with Gasteiger partial charge >= 0.3 is 0 Å². The first kappa shape index (κ1) is 16.0. The molecule has 0 bridgehead atoms. The van der Waals surface area contributed by atoms with E-state index in [9.17, 15) is 4.79 Å². The van der Waals surface area contributed by atoms with Gasteiger partial charge in [-0.15, -0.1) is 0 Å². The number of nitrogens with one attached hydrogen (secondary N) is 1. The summed E-state index contributed by atoms with van der Waals surface area (Å²) in [6.07, 6.45) is 1.82. The van der Waals surface area contributed by atoms with Crippen molar-refractivity contribution in [2.75, 3.05) is 20.1 Å². The van der Waals surface area contributed by atoms with Gasteiger partial charge in [0.05, 0.1) is 0 Å². The molecule has 1 amide bonds. The third-order valence-electron chi connectivity index (χ3n) is 4.46. The van der Waals surface area contributed by atoms with E-state index >= 15 is 0 Å². The molecule has 1 aromatic carbocycles. The van der Waals surface area contributed by atoms with Gasteiger partial charge in [-0.1, -0.05) is 29.8 Å². The number of hydrogen-bond acceptors (Lipinski definition) is 3. The first-order chi connectivity index (χ1) is 10.0. The van der Waals surface area contributed by atoms with Crippen LogP contribution in [-0.2, 0) is 4.79 Å². The summed E-state index contributed by atoms with van der Waals surface area (Å²) in [7, 11) is 1.71. The normalized spacial score (nSPS) is 20.0. The lowest BCUT2D eigenvalue weighted by Crippen LogP contribution is -2.45. The Morgan fingerprint density at radius 3 is 2.33 bits per heavy atom. The molecular weight excluding hydrogens is 262 g/mol. The van der Waals surface area contributed by atoms with Crippen molar-refractivity contribution >= 4 is 5.91 Å². The molecule has 0 spiro atoms. The summed E-state index contributed by atoms with van der Waals surface area (Å²) in [6.45, 7) is 6.02. The van der Waals surface area contributed by atoms with Gasteiger partial charge in [-0.05, 0) is 45.3 Å². The van der Waals surface area contributed by atoms with Crippen LogP contribution in [0, 0.1) is 12.8 Å². The van der Waals surface area contributed by atoms with E-state index in [2.05, 4.69) is 48.3 Å². The zero-order chi connectivity index (χ0) is 15.4. The second kappa shape index (κ2) is 7.05. The van der Waals surface area contributed by atoms with Crippen molar-refractivity contribution in [3.05, 3.63) is 35.4 Å². The summed E-state index contributed by atoms with van der Waals surface area (Å²) >= 11 is 0. The molecule has 1 aromatic rings. The van der Waals surface area contributed by atoms with Gasteiger partial charge in [0.15, 0.2) is 0 Å². The molecule has 116 valence electrons. The zero-order valence-corrected chi connectivity index (χ0v) is 13.3. The fourth-order valence-corrected chi connectivity index (χ4v) is 3.25. The second-order valence-electron chi connectivity index (χ2n) is 6.14. The van der Waals surface area contributed by atoms with E-state index in [1.165, 1.54) is 11.1 Å². The number of carbonyl (C=O) groups excluding carboxylic acids is 1. The average molecular weight is 289 g/mol. The van der Waals surface area contributed by atoms with Crippen molar-refractivity contribution in [2.45, 2.75) is 38.8 Å². The topological polar surface area (TPSA) is 58.4 Å². The maximum Gasteiger partial charge on any atom is 0.222 e. The second-order valence-corrected chi connectivity index (χ2v) is 6.14. The van der Waals surface area contributed by atoms with Crippen LogP contribution in [0.1, 0.15) is 36.9 Å². The van der Waals surface area contributed by atoms with E-state index in [0.29, 0.717) is 0 Å². The van der Waals surface area contributed by atoms with Crippen molar-refractivity contribution in [1.82, 2.24) is 10.2 Å². The largest absolute Gasteiger partial charge is 0.359 e. The van der Waals surface area contributed by atoms with E-state index in [-0.39, 0.29) is 23.9 Å². The van der Waals surface area contributed by atoms with Crippen molar-refractivity contribution in [1.29, 1.82) is 0 Å². The lowest BCUT2D eigenvalue weighted by Gasteiger charge is -2.39. The van der Waals surface area contributed by atoms with Gasteiger partial charge < -0.3 is 11.1 Å². The quantitative estimate of drug-likeness (QED) is 0.889. The van der Waals surface area contributed by atoms with Gasteiger partial charge in [0, 0.05) is 25.0 Å². The lowest BCUT2D eigenvalue weighted by atomic mass is 9.91. The standard InChI is InChI=1S/C17H27N3O/c1-12-4-6-14(7-5-12)16(13(2)18)20-10-8-15(9-11-20)17(21)19-3/h4-7,13,15-16H,8-11,18H2,1-3H3,(H,19,21). The Morgan fingerprint density at radius 1 is 1.29 bits per heavy atom. The van der Waals surface area contributed by atoms with Crippen LogP contribution in [0.25, 0.3) is 0 Å². The fraction of sp³-hybridized carbons (Fsp3) is 0.588. The number of nitrogens with zero attached hydrogens (tertiary/aromatic N) is 1. The zero-order valence-electron chi connectivity index (χ0n) is 13.3. The van der Waals surface area contributed by atoms with Crippen LogP contribution in [-0.4, -0.2) is 37.0 Å². The third-order valence-corrected chi connectivity index (χ3v) is 4.46. The monoisotopic (exact) mass is 289 g/mol. The van der Waals surface area contributed by atoms with E-state index in [1.807, 2.05) is 0 Å². The van der Waals surface area contributed by atoms with Crippen LogP contribution in [0.5, 0.6) is 0 Å². The van der Waals surface area contributed by atoms with Gasteiger partial charge in [0.25, 0.3) is 0 Å². The minimum atomic E-state index is 0.0734. The maximum atomic E-state index is 11.7. The number of nitrogens with two attached hydrogens (primary N) is 1. The van der Waals surface area contributed by atoms with Crippen LogP contribution in [0.2, 0.25) is 0 Å². The summed E-state index contributed by atoms with van der Waals surface area (Å²) in [6, 6.07) is 8.94. The van der Waals surface area contributed by atoms with E-state index in [1.54, 1.807) is 7.05 Å². The molecule has 0 aliphatic carbocycles. The molecule has 1 aliphatic heterocycles. The van der Waals surface area contributed by atoms with Crippen LogP contribution in [0.4, 0.5) is 0 Å². The molecule has 1 heterocycles. The molecule has 4 nitrogen and oxygen atoms in total. The molecule has 3 N–H and O–H groups in total. The summed E-state index contributed by atoms with van der Waals surface area (Å²) in [4.78, 5) is 14.2. The number of rotatable bonds is 4. The Bertz CT molecular complexity index is 461. The Balaban J connectivity index is 2.07. The minimum Gasteiger partial charge on any atom is -0.359 e. The molecule has 1 aliphatic rings. The van der Waals surface area contributed by atoms with E-state index in [4.69, 9.17) is 5.73 Å². The molecule has 0 radical (unpaired) electrons. The highest BCUT2D eigenvalue weighted by Gasteiger charge is 2.30. The summed E-state index contributed by atoms with van der Waals surface area (Å²) in [5.74, 6) is 0.320. The molecule has 1 fully saturated rings. The number of amides is 1. The van der Waals surface area contributed by atoms with E-state index < -0.39 is 0 Å². The Labute approximate surface area is 127 Å². The van der Waals surface area contributed by atoms with Gasteiger partial charge in [0.1, 0.15) is 0 Å². The number of benzene rings is 1. The Hall–Kier alpha value is -1.39. The highest BCUT2D eigenvalue weighted by molar-refractivity contribution is 5.78. The van der Waals surface area contributed by atoms with Gasteiger partial charge in [-0.2, -0.15) is 0 Å². The summed E-state index contributed by atoms with van der Waals surface area (Å²) in [5.41, 5.74) is 8.77. The van der Waals surface area contributed by atoms with Crippen LogP contribution >= 0.6 is 0 Å². The molecular formula is C17H27N3O. The summed E-state index contributed by atoms with van der Waals surface area (Å²) < 4.78 is 0. The van der Waals surface area contributed by atoms with Crippen LogP contribution in [0.15, 0.2) is 24.3 Å². The van der Waals surface area contributed by atoms with Crippen LogP contribution < -0.4 is 11.1 Å². The highest BCUT2D eigenvalue weighted by Crippen LogP contribution is 2.29. The first-order valence-electron chi connectivity index (χ1n) is 7.80. The van der Waals surface area contributed by atoms with Crippen LogP contribution in [0.3, 0.4) is 0 Å². The van der Waals surface area contributed by atoms with Gasteiger partial charge in [0.2, 0.25) is 5.91 Å². The van der Waals surface area contributed by atoms with Gasteiger partial charge in [-0.3, -0.25) is 9.69 Å². The van der Waals surface area contributed by atoms with Crippen molar-refractivity contribution < 1.29 is 4.79 Å². The molecule has 0 aromatic heterocycles. The Morgan fingerprint density at radius 2 is 1.86 bits per heavy atom. The predicted molar refractivity (Wildman–Crippen MR) is 85.9 cm³/mol. The first-order valence-corrected chi connectivity index (χ1v) is 7.80. The smallest absolute Gasteiger partial charge is 0.222 e. The lowest BCUT2D eigenvalue weighted by molar-refractivity contribution is -0.126. The van der Waals surface area contributed by atoms with Crippen molar-refractivity contribution in [3.8, 4) is 0 Å². The maximum absolute atomic E-state index is 11.7. The highest BCUT2D eigenvalue weighted by atomic mass is 16.1. The average Bonchev–Trinajstić information content (AvgIpc) is 2.49.